The molecule has 1 N–H and O–H groups in total. The number of ether oxygens (including phenoxy) is 1. The maximum absolute atomic E-state index is 12.2. The van der Waals surface area contributed by atoms with E-state index in [-0.39, 0.29) is 18.0 Å². The number of nitrogens with zero attached hydrogens (tertiary/aromatic N) is 2. The smallest absolute Gasteiger partial charge is 0.410 e. The predicted octanol–water partition coefficient (Wildman–Crippen LogP) is 2.96. The van der Waals surface area contributed by atoms with Crippen molar-refractivity contribution in [3.05, 3.63) is 10.6 Å². The summed E-state index contributed by atoms with van der Waals surface area (Å²) in [6.07, 6.45) is 0.366. The van der Waals surface area contributed by atoms with Gasteiger partial charge in [-0.2, -0.15) is 0 Å². The minimum absolute atomic E-state index is 0.0939. The van der Waals surface area contributed by atoms with Gasteiger partial charge in [-0.05, 0) is 27.7 Å². The lowest BCUT2D eigenvalue weighted by molar-refractivity contribution is -0.114. The van der Waals surface area contributed by atoms with Gasteiger partial charge in [-0.3, -0.25) is 4.79 Å². The van der Waals surface area contributed by atoms with E-state index in [9.17, 15) is 9.59 Å². The highest BCUT2D eigenvalue weighted by molar-refractivity contribution is 7.16. The van der Waals surface area contributed by atoms with Gasteiger partial charge in [0.2, 0.25) is 5.91 Å². The van der Waals surface area contributed by atoms with Crippen molar-refractivity contribution in [2.75, 3.05) is 11.9 Å². The molecule has 0 fully saturated rings. The van der Waals surface area contributed by atoms with Gasteiger partial charge in [-0.25, -0.2) is 9.78 Å². The molecule has 1 aliphatic heterocycles. The number of amides is 2. The standard InChI is InChI=1S/C14H21N3O3S/c1-8-11-10(16-12(21-11)15-9(2)18)6-7-17(8)13(19)20-14(3,4)5/h8H,6-7H2,1-5H3,(H,15,16,18)/t8-/m1/s1. The first kappa shape index (κ1) is 15.8. The molecule has 0 bridgehead atoms. The predicted molar refractivity (Wildman–Crippen MR) is 81.5 cm³/mol. The summed E-state index contributed by atoms with van der Waals surface area (Å²) in [6.45, 7) is 9.55. The highest BCUT2D eigenvalue weighted by Crippen LogP contribution is 2.36. The third-order valence-electron chi connectivity index (χ3n) is 3.07. The summed E-state index contributed by atoms with van der Waals surface area (Å²) in [5, 5.41) is 3.29. The van der Waals surface area contributed by atoms with Crippen LogP contribution in [0.1, 0.15) is 51.2 Å². The quantitative estimate of drug-likeness (QED) is 0.865. The summed E-state index contributed by atoms with van der Waals surface area (Å²) in [5.74, 6) is -0.141. The molecule has 1 aromatic heterocycles. The van der Waals surface area contributed by atoms with Crippen molar-refractivity contribution >= 4 is 28.5 Å². The van der Waals surface area contributed by atoms with Crippen LogP contribution in [0.5, 0.6) is 0 Å². The number of fused-ring (bicyclic) bond motifs is 1. The molecule has 2 heterocycles. The molecule has 0 radical (unpaired) electrons. The van der Waals surface area contributed by atoms with E-state index in [1.54, 1.807) is 4.90 Å². The molecule has 1 atom stereocenters. The number of carbonyl (C=O) groups is 2. The van der Waals surface area contributed by atoms with Crippen molar-refractivity contribution in [2.45, 2.75) is 52.7 Å². The summed E-state index contributed by atoms with van der Waals surface area (Å²) < 4.78 is 5.44. The molecule has 116 valence electrons. The molecule has 1 aromatic rings. The molecule has 0 saturated carbocycles. The fourth-order valence-electron chi connectivity index (χ4n) is 2.20. The maximum atomic E-state index is 12.2. The molecule has 6 nitrogen and oxygen atoms in total. The first-order valence-electron chi connectivity index (χ1n) is 6.94. The molecular formula is C14H21N3O3S. The van der Waals surface area contributed by atoms with Gasteiger partial charge in [0, 0.05) is 19.9 Å². The minimum Gasteiger partial charge on any atom is -0.444 e. The van der Waals surface area contributed by atoms with Crippen LogP contribution in [0.15, 0.2) is 0 Å². The Morgan fingerprint density at radius 1 is 1.43 bits per heavy atom. The van der Waals surface area contributed by atoms with E-state index in [0.717, 1.165) is 10.6 Å². The molecule has 0 saturated heterocycles. The second kappa shape index (κ2) is 5.63. The zero-order chi connectivity index (χ0) is 15.8. The molecule has 0 aromatic carbocycles. The SMILES string of the molecule is CC(=O)Nc1nc2c(s1)[C@@H](C)N(C(=O)OC(C)(C)C)CC2. The van der Waals surface area contributed by atoms with E-state index in [2.05, 4.69) is 10.3 Å². The summed E-state index contributed by atoms with van der Waals surface area (Å²) in [4.78, 5) is 30.5. The van der Waals surface area contributed by atoms with E-state index in [0.29, 0.717) is 18.1 Å². The van der Waals surface area contributed by atoms with Crippen LogP contribution in [0, 0.1) is 0 Å². The Hall–Kier alpha value is -1.63. The Bertz CT molecular complexity index is 562. The topological polar surface area (TPSA) is 71.5 Å². The van der Waals surface area contributed by atoms with Gasteiger partial charge in [0.25, 0.3) is 0 Å². The number of hydrogen-bond acceptors (Lipinski definition) is 5. The van der Waals surface area contributed by atoms with Crippen LogP contribution in [0.25, 0.3) is 0 Å². The number of thiazole rings is 1. The Balaban J connectivity index is 2.16. The van der Waals surface area contributed by atoms with Crippen LogP contribution in [-0.4, -0.2) is 34.0 Å². The van der Waals surface area contributed by atoms with Crippen LogP contribution < -0.4 is 5.32 Å². The second-order valence-electron chi connectivity index (χ2n) is 6.11. The first-order valence-corrected chi connectivity index (χ1v) is 7.76. The lowest BCUT2D eigenvalue weighted by atomic mass is 10.1. The number of nitrogens with one attached hydrogen (secondary N) is 1. The number of anilines is 1. The van der Waals surface area contributed by atoms with Crippen molar-refractivity contribution in [1.82, 2.24) is 9.88 Å². The van der Waals surface area contributed by atoms with E-state index in [1.165, 1.54) is 18.3 Å². The average Bonchev–Trinajstić information content (AvgIpc) is 2.69. The normalized spacial score (nSPS) is 18.1. The van der Waals surface area contributed by atoms with E-state index in [1.807, 2.05) is 27.7 Å². The molecule has 7 heteroatoms. The zero-order valence-corrected chi connectivity index (χ0v) is 13.8. The lowest BCUT2D eigenvalue weighted by Crippen LogP contribution is -2.41. The zero-order valence-electron chi connectivity index (χ0n) is 13.0. The Morgan fingerprint density at radius 2 is 2.10 bits per heavy atom. The summed E-state index contributed by atoms with van der Waals surface area (Å²) in [7, 11) is 0. The van der Waals surface area contributed by atoms with Gasteiger partial charge in [0.15, 0.2) is 5.13 Å². The summed E-state index contributed by atoms with van der Waals surface area (Å²) in [5.41, 5.74) is 0.447. The molecule has 0 spiro atoms. The van der Waals surface area contributed by atoms with Gasteiger partial charge in [-0.1, -0.05) is 11.3 Å². The molecule has 21 heavy (non-hydrogen) atoms. The van der Waals surface area contributed by atoms with Crippen LogP contribution in [-0.2, 0) is 16.0 Å². The largest absolute Gasteiger partial charge is 0.444 e. The van der Waals surface area contributed by atoms with Crippen molar-refractivity contribution in [1.29, 1.82) is 0 Å². The van der Waals surface area contributed by atoms with Crippen molar-refractivity contribution in [3.8, 4) is 0 Å². The molecule has 1 aliphatic rings. The Labute approximate surface area is 128 Å². The highest BCUT2D eigenvalue weighted by Gasteiger charge is 2.33. The average molecular weight is 311 g/mol. The number of carbonyl (C=O) groups excluding carboxylic acids is 2. The second-order valence-corrected chi connectivity index (χ2v) is 7.14. The Kier molecular flexibility index (Phi) is 4.22. The van der Waals surface area contributed by atoms with Gasteiger partial charge in [0.05, 0.1) is 16.6 Å². The van der Waals surface area contributed by atoms with Gasteiger partial charge < -0.3 is 15.0 Å². The van der Waals surface area contributed by atoms with Crippen LogP contribution >= 0.6 is 11.3 Å². The number of rotatable bonds is 1. The van der Waals surface area contributed by atoms with E-state index in [4.69, 9.17) is 4.74 Å². The van der Waals surface area contributed by atoms with Crippen LogP contribution in [0.4, 0.5) is 9.93 Å². The monoisotopic (exact) mass is 311 g/mol. The molecule has 2 rings (SSSR count). The van der Waals surface area contributed by atoms with Crippen molar-refractivity contribution in [2.24, 2.45) is 0 Å². The molecular weight excluding hydrogens is 290 g/mol. The van der Waals surface area contributed by atoms with E-state index < -0.39 is 5.60 Å². The lowest BCUT2D eigenvalue weighted by Gasteiger charge is -2.34. The molecule has 0 aliphatic carbocycles. The molecule has 0 unspecified atom stereocenters. The van der Waals surface area contributed by atoms with Gasteiger partial charge in [0.1, 0.15) is 5.60 Å². The maximum Gasteiger partial charge on any atom is 0.410 e. The summed E-state index contributed by atoms with van der Waals surface area (Å²) >= 11 is 1.42. The third kappa shape index (κ3) is 3.72. The number of hydrogen-bond donors (Lipinski definition) is 1. The minimum atomic E-state index is -0.508. The van der Waals surface area contributed by atoms with Crippen molar-refractivity contribution < 1.29 is 14.3 Å². The van der Waals surface area contributed by atoms with Gasteiger partial charge >= 0.3 is 6.09 Å². The fraction of sp³-hybridized carbons (Fsp3) is 0.643. The highest BCUT2D eigenvalue weighted by atomic mass is 32.1. The first-order chi connectivity index (χ1) is 9.67. The summed E-state index contributed by atoms with van der Waals surface area (Å²) in [6, 6.07) is -0.0939. The fourth-order valence-corrected chi connectivity index (χ4v) is 3.33. The Morgan fingerprint density at radius 3 is 2.67 bits per heavy atom. The number of aromatic nitrogens is 1. The van der Waals surface area contributed by atoms with Gasteiger partial charge in [-0.15, -0.1) is 0 Å². The third-order valence-corrected chi connectivity index (χ3v) is 4.26. The van der Waals surface area contributed by atoms with E-state index >= 15 is 0 Å². The molecule has 2 amide bonds. The van der Waals surface area contributed by atoms with Crippen LogP contribution in [0.2, 0.25) is 0 Å². The van der Waals surface area contributed by atoms with Crippen molar-refractivity contribution in [3.63, 3.8) is 0 Å². The van der Waals surface area contributed by atoms with Crippen LogP contribution in [0.3, 0.4) is 0 Å².